The fourth-order valence-corrected chi connectivity index (χ4v) is 3.60. The second kappa shape index (κ2) is 7.01. The molecule has 0 atom stereocenters. The fraction of sp³-hybridized carbons (Fsp3) is 0.643. The first-order valence-corrected chi connectivity index (χ1v) is 7.10. The number of fused-ring (bicyclic) bond motifs is 2. The highest BCUT2D eigenvalue weighted by atomic mass is 35.5. The van der Waals surface area contributed by atoms with E-state index in [4.69, 9.17) is 0 Å². The minimum Gasteiger partial charge on any atom is -0.339 e. The van der Waals surface area contributed by atoms with Crippen molar-refractivity contribution in [1.29, 1.82) is 0 Å². The number of ketones is 1. The molecule has 0 saturated carbocycles. The topological polar surface area (TPSA) is 37.3 Å². The average Bonchev–Trinajstić information content (AvgIpc) is 2.87. The monoisotopic (exact) mass is 373 g/mol. The van der Waals surface area contributed by atoms with E-state index in [1.807, 2.05) is 7.05 Å². The molecule has 4 nitrogen and oxygen atoms in total. The lowest BCUT2D eigenvalue weighted by atomic mass is 9.82. The number of alkyl halides is 3. The summed E-state index contributed by atoms with van der Waals surface area (Å²) in [5, 5.41) is 3.28. The van der Waals surface area contributed by atoms with Crippen LogP contribution in [0.4, 0.5) is 13.2 Å². The highest BCUT2D eigenvalue weighted by Crippen LogP contribution is 2.40. The van der Waals surface area contributed by atoms with Crippen molar-refractivity contribution in [2.45, 2.75) is 31.1 Å². The molecule has 0 bridgehead atoms. The van der Waals surface area contributed by atoms with Gasteiger partial charge in [-0.15, -0.1) is 24.8 Å². The first-order chi connectivity index (χ1) is 9.86. The van der Waals surface area contributed by atoms with E-state index in [9.17, 15) is 18.0 Å². The van der Waals surface area contributed by atoms with Gasteiger partial charge >= 0.3 is 6.18 Å². The Morgan fingerprint density at radius 2 is 1.78 bits per heavy atom. The van der Waals surface area contributed by atoms with Gasteiger partial charge in [0.25, 0.3) is 5.78 Å². The van der Waals surface area contributed by atoms with Crippen molar-refractivity contribution < 1.29 is 18.0 Å². The summed E-state index contributed by atoms with van der Waals surface area (Å²) < 4.78 is 39.7. The van der Waals surface area contributed by atoms with Gasteiger partial charge in [-0.25, -0.2) is 0 Å². The van der Waals surface area contributed by atoms with Gasteiger partial charge in [-0.05, 0) is 45.1 Å². The quantitative estimate of drug-likeness (QED) is 0.768. The van der Waals surface area contributed by atoms with E-state index in [0.717, 1.165) is 31.6 Å². The summed E-state index contributed by atoms with van der Waals surface area (Å²) in [6.07, 6.45) is -3.14. The van der Waals surface area contributed by atoms with Crippen LogP contribution in [0, 0.1) is 0 Å². The molecule has 1 spiro atoms. The average molecular weight is 374 g/mol. The third-order valence-corrected chi connectivity index (χ3v) is 4.77. The van der Waals surface area contributed by atoms with Gasteiger partial charge in [0, 0.05) is 18.8 Å². The van der Waals surface area contributed by atoms with Gasteiger partial charge in [-0.3, -0.25) is 9.69 Å². The van der Waals surface area contributed by atoms with Gasteiger partial charge in [-0.1, -0.05) is 0 Å². The number of hydrogen-bond acceptors (Lipinski definition) is 3. The summed E-state index contributed by atoms with van der Waals surface area (Å²) in [6, 6.07) is 3.02. The summed E-state index contributed by atoms with van der Waals surface area (Å²) in [4.78, 5) is 13.8. The zero-order valence-corrected chi connectivity index (χ0v) is 14.3. The summed E-state index contributed by atoms with van der Waals surface area (Å²) in [7, 11) is 2.01. The molecule has 0 aromatic carbocycles. The molecule has 9 heteroatoms. The molecular weight excluding hydrogens is 354 g/mol. The predicted octanol–water partition coefficient (Wildman–Crippen LogP) is 2.60. The van der Waals surface area contributed by atoms with Crippen LogP contribution in [0.25, 0.3) is 0 Å². The summed E-state index contributed by atoms with van der Waals surface area (Å²) in [5.41, 5.74) is 0.349. The van der Waals surface area contributed by atoms with E-state index >= 15 is 0 Å². The van der Waals surface area contributed by atoms with Crippen molar-refractivity contribution in [1.82, 2.24) is 14.8 Å². The molecule has 1 saturated heterocycles. The smallest absolute Gasteiger partial charge is 0.339 e. The van der Waals surface area contributed by atoms with Crippen molar-refractivity contribution in [3.05, 3.63) is 23.5 Å². The van der Waals surface area contributed by atoms with E-state index in [1.54, 1.807) is 10.6 Å². The minimum absolute atomic E-state index is 0. The number of aromatic nitrogens is 1. The molecule has 1 aromatic heterocycles. The summed E-state index contributed by atoms with van der Waals surface area (Å²) in [6.45, 7) is 2.74. The van der Waals surface area contributed by atoms with Crippen molar-refractivity contribution in [3.8, 4) is 0 Å². The zero-order valence-electron chi connectivity index (χ0n) is 12.7. The maximum atomic E-state index is 12.7. The fourth-order valence-electron chi connectivity index (χ4n) is 3.60. The second-order valence-electron chi connectivity index (χ2n) is 5.79. The number of hydrogen-bond donors (Lipinski definition) is 1. The number of likely N-dealkylation sites (N-methyl/N-ethyl adjacent to an activating group) is 1. The molecule has 0 radical (unpaired) electrons. The third kappa shape index (κ3) is 3.24. The molecule has 0 aliphatic carbocycles. The van der Waals surface area contributed by atoms with E-state index in [0.29, 0.717) is 13.1 Å². The highest BCUT2D eigenvalue weighted by molar-refractivity contribution is 5.99. The molecule has 0 amide bonds. The van der Waals surface area contributed by atoms with Crippen molar-refractivity contribution in [3.63, 3.8) is 0 Å². The Balaban J connectivity index is 0.00000132. The van der Waals surface area contributed by atoms with E-state index in [-0.39, 0.29) is 36.0 Å². The number of nitrogens with one attached hydrogen (secondary N) is 1. The number of nitrogens with zero attached hydrogens (tertiary/aromatic N) is 2. The van der Waals surface area contributed by atoms with Crippen molar-refractivity contribution >= 4 is 30.6 Å². The second-order valence-corrected chi connectivity index (χ2v) is 5.79. The van der Waals surface area contributed by atoms with E-state index in [2.05, 4.69) is 10.2 Å². The number of carbonyl (C=O) groups excluding carboxylic acids is 1. The molecule has 0 unspecified atom stereocenters. The zero-order chi connectivity index (χ0) is 15.3. The molecule has 2 aliphatic heterocycles. The lowest BCUT2D eigenvalue weighted by Gasteiger charge is -2.48. The lowest BCUT2D eigenvalue weighted by Crippen LogP contribution is -2.55. The van der Waals surface area contributed by atoms with Crippen LogP contribution in [0.1, 0.15) is 29.0 Å². The van der Waals surface area contributed by atoms with Crippen LogP contribution >= 0.6 is 24.8 Å². The number of halogens is 5. The van der Waals surface area contributed by atoms with Gasteiger partial charge in [0.2, 0.25) is 0 Å². The molecular formula is C14H20Cl2F3N3O. The normalized spacial score (nSPS) is 20.3. The van der Waals surface area contributed by atoms with Crippen LogP contribution < -0.4 is 5.32 Å². The minimum atomic E-state index is -4.82. The summed E-state index contributed by atoms with van der Waals surface area (Å²) >= 11 is 0. The van der Waals surface area contributed by atoms with Crippen molar-refractivity contribution in [2.24, 2.45) is 0 Å². The SMILES string of the molecule is CN1CCn2c(C(=O)C(F)(F)F)ccc2C12CCNCC2.Cl.Cl. The van der Waals surface area contributed by atoms with Gasteiger partial charge in [0.1, 0.15) is 0 Å². The van der Waals surface area contributed by atoms with E-state index in [1.165, 1.54) is 6.07 Å². The lowest BCUT2D eigenvalue weighted by molar-refractivity contribution is -0.0892. The van der Waals surface area contributed by atoms with Crippen LogP contribution in [-0.4, -0.2) is 48.1 Å². The van der Waals surface area contributed by atoms with Crippen LogP contribution in [0.2, 0.25) is 0 Å². The third-order valence-electron chi connectivity index (χ3n) is 4.77. The molecule has 132 valence electrons. The maximum Gasteiger partial charge on any atom is 0.456 e. The Labute approximate surface area is 145 Å². The maximum absolute atomic E-state index is 12.7. The summed E-state index contributed by atoms with van der Waals surface area (Å²) in [5.74, 6) is -1.75. The van der Waals surface area contributed by atoms with Crippen LogP contribution in [0.5, 0.6) is 0 Å². The van der Waals surface area contributed by atoms with Crippen molar-refractivity contribution in [2.75, 3.05) is 26.7 Å². The molecule has 3 heterocycles. The number of piperidine rings is 1. The Hall–Kier alpha value is -0.760. The van der Waals surface area contributed by atoms with Gasteiger partial charge in [0.05, 0.1) is 11.2 Å². The molecule has 1 aromatic rings. The van der Waals surface area contributed by atoms with Crippen LogP contribution in [0.15, 0.2) is 12.1 Å². The number of carbonyl (C=O) groups is 1. The van der Waals surface area contributed by atoms with Crippen LogP contribution in [-0.2, 0) is 12.1 Å². The highest BCUT2D eigenvalue weighted by Gasteiger charge is 2.46. The molecule has 1 N–H and O–H groups in total. The van der Waals surface area contributed by atoms with Gasteiger partial charge in [0.15, 0.2) is 0 Å². The molecule has 3 rings (SSSR count). The van der Waals surface area contributed by atoms with E-state index < -0.39 is 12.0 Å². The Morgan fingerprint density at radius 1 is 1.17 bits per heavy atom. The first-order valence-electron chi connectivity index (χ1n) is 7.10. The first kappa shape index (κ1) is 20.3. The Kier molecular flexibility index (Phi) is 6.18. The Morgan fingerprint density at radius 3 is 2.35 bits per heavy atom. The predicted molar refractivity (Wildman–Crippen MR) is 85.7 cm³/mol. The molecule has 2 aliphatic rings. The van der Waals surface area contributed by atoms with Crippen LogP contribution in [0.3, 0.4) is 0 Å². The largest absolute Gasteiger partial charge is 0.456 e. The molecule has 1 fully saturated rings. The van der Waals surface area contributed by atoms with Gasteiger partial charge in [-0.2, -0.15) is 13.2 Å². The Bertz CT molecular complexity index is 568. The standard InChI is InChI=1S/C14H18F3N3O.2ClH/c1-19-8-9-20-10(12(21)14(15,16)17)2-3-11(20)13(19)4-6-18-7-5-13;;/h2-3,18H,4-9H2,1H3;2*1H. The number of rotatable bonds is 1. The number of Topliss-reactive ketones (excluding diaryl/α,β-unsaturated/α-hetero) is 1. The molecule has 23 heavy (non-hydrogen) atoms. The van der Waals surface area contributed by atoms with Gasteiger partial charge < -0.3 is 9.88 Å².